The van der Waals surface area contributed by atoms with Crippen molar-refractivity contribution < 1.29 is 21.6 Å². The second-order valence-corrected chi connectivity index (χ2v) is 6.87. The highest BCUT2D eigenvalue weighted by Gasteiger charge is 2.37. The molecule has 114 valence electrons. The molecule has 2 unspecified atom stereocenters. The Morgan fingerprint density at radius 2 is 1.80 bits per heavy atom. The SMILES string of the molecule is CC(CBr)C(C)NS(=O)(=O)c1ccccc1C(F)(F)F. The summed E-state index contributed by atoms with van der Waals surface area (Å²) in [4.78, 5) is -0.749. The average molecular weight is 374 g/mol. The quantitative estimate of drug-likeness (QED) is 0.803. The average Bonchev–Trinajstić information content (AvgIpc) is 2.36. The summed E-state index contributed by atoms with van der Waals surface area (Å²) in [6.45, 7) is 3.40. The third-order valence-electron chi connectivity index (χ3n) is 2.92. The van der Waals surface area contributed by atoms with Crippen LogP contribution in [-0.4, -0.2) is 19.8 Å². The lowest BCUT2D eigenvalue weighted by Crippen LogP contribution is -2.38. The summed E-state index contributed by atoms with van der Waals surface area (Å²) in [5, 5.41) is 0.539. The molecule has 0 aliphatic heterocycles. The molecular formula is C12H15BrF3NO2S. The third-order valence-corrected chi connectivity index (χ3v) is 5.56. The minimum atomic E-state index is -4.71. The Hall–Kier alpha value is -0.600. The zero-order valence-electron chi connectivity index (χ0n) is 10.9. The van der Waals surface area contributed by atoms with Gasteiger partial charge < -0.3 is 0 Å². The van der Waals surface area contributed by atoms with Crippen LogP contribution in [0, 0.1) is 5.92 Å². The lowest BCUT2D eigenvalue weighted by molar-refractivity contribution is -0.139. The lowest BCUT2D eigenvalue weighted by Gasteiger charge is -2.20. The van der Waals surface area contributed by atoms with Crippen molar-refractivity contribution in [3.8, 4) is 0 Å². The van der Waals surface area contributed by atoms with Crippen LogP contribution < -0.4 is 4.72 Å². The maximum Gasteiger partial charge on any atom is 0.417 e. The zero-order chi connectivity index (χ0) is 15.6. The molecule has 0 radical (unpaired) electrons. The van der Waals surface area contributed by atoms with Crippen molar-refractivity contribution in [2.45, 2.75) is 31.0 Å². The molecular weight excluding hydrogens is 359 g/mol. The number of benzene rings is 1. The molecule has 1 aromatic carbocycles. The second kappa shape index (κ2) is 6.44. The van der Waals surface area contributed by atoms with Crippen LogP contribution in [0.1, 0.15) is 19.4 Å². The lowest BCUT2D eigenvalue weighted by atomic mass is 10.1. The highest BCUT2D eigenvalue weighted by atomic mass is 79.9. The van der Waals surface area contributed by atoms with Crippen LogP contribution >= 0.6 is 15.9 Å². The minimum absolute atomic E-state index is 0.0529. The highest BCUT2D eigenvalue weighted by Crippen LogP contribution is 2.34. The van der Waals surface area contributed by atoms with Crippen molar-refractivity contribution >= 4 is 26.0 Å². The Labute approximate surface area is 124 Å². The molecule has 1 aromatic rings. The fourth-order valence-corrected chi connectivity index (χ4v) is 3.63. The summed E-state index contributed by atoms with van der Waals surface area (Å²) < 4.78 is 65.0. The van der Waals surface area contributed by atoms with Crippen LogP contribution in [0.3, 0.4) is 0 Å². The van der Waals surface area contributed by atoms with E-state index < -0.39 is 32.7 Å². The topological polar surface area (TPSA) is 46.2 Å². The van der Waals surface area contributed by atoms with Crippen LogP contribution in [0.25, 0.3) is 0 Å². The number of hydrogen-bond donors (Lipinski definition) is 1. The molecule has 2 atom stereocenters. The van der Waals surface area contributed by atoms with Crippen molar-refractivity contribution in [1.82, 2.24) is 4.72 Å². The first-order chi connectivity index (χ1) is 9.09. The van der Waals surface area contributed by atoms with Crippen molar-refractivity contribution in [2.75, 3.05) is 5.33 Å². The molecule has 0 saturated carbocycles. The number of nitrogens with one attached hydrogen (secondary N) is 1. The van der Waals surface area contributed by atoms with Gasteiger partial charge in [0.2, 0.25) is 10.0 Å². The molecule has 20 heavy (non-hydrogen) atoms. The standard InChI is InChI=1S/C12H15BrF3NO2S/c1-8(7-13)9(2)17-20(18,19)11-6-4-3-5-10(11)12(14,15)16/h3-6,8-9,17H,7H2,1-2H3. The molecule has 0 aliphatic rings. The molecule has 0 aromatic heterocycles. The van der Waals surface area contributed by atoms with Gasteiger partial charge in [0.05, 0.1) is 10.5 Å². The van der Waals surface area contributed by atoms with E-state index in [1.54, 1.807) is 13.8 Å². The van der Waals surface area contributed by atoms with Gasteiger partial charge in [-0.3, -0.25) is 0 Å². The van der Waals surface area contributed by atoms with Crippen molar-refractivity contribution in [3.63, 3.8) is 0 Å². The first-order valence-corrected chi connectivity index (χ1v) is 8.44. The van der Waals surface area contributed by atoms with E-state index in [0.29, 0.717) is 5.33 Å². The third kappa shape index (κ3) is 4.20. The second-order valence-electron chi connectivity index (χ2n) is 4.54. The molecule has 0 bridgehead atoms. The fourth-order valence-electron chi connectivity index (χ4n) is 1.49. The van der Waals surface area contributed by atoms with Crippen LogP contribution in [-0.2, 0) is 16.2 Å². The predicted molar refractivity (Wildman–Crippen MR) is 74.2 cm³/mol. The van der Waals surface area contributed by atoms with Crippen LogP contribution in [0.15, 0.2) is 29.2 Å². The highest BCUT2D eigenvalue weighted by molar-refractivity contribution is 9.09. The van der Waals surface area contributed by atoms with Gasteiger partial charge in [-0.05, 0) is 25.0 Å². The van der Waals surface area contributed by atoms with Crippen LogP contribution in [0.4, 0.5) is 13.2 Å². The van der Waals surface area contributed by atoms with Gasteiger partial charge in [-0.15, -0.1) is 0 Å². The predicted octanol–water partition coefficient (Wildman–Crippen LogP) is 3.40. The smallest absolute Gasteiger partial charge is 0.208 e. The summed E-state index contributed by atoms with van der Waals surface area (Å²) in [6.07, 6.45) is -4.71. The van der Waals surface area contributed by atoms with Gasteiger partial charge in [-0.2, -0.15) is 13.2 Å². The van der Waals surface area contributed by atoms with E-state index in [1.807, 2.05) is 0 Å². The Morgan fingerprint density at radius 3 is 2.30 bits per heavy atom. The molecule has 0 spiro atoms. The fraction of sp³-hybridized carbons (Fsp3) is 0.500. The van der Waals surface area contributed by atoms with Gasteiger partial charge in [-0.25, -0.2) is 13.1 Å². The monoisotopic (exact) mass is 373 g/mol. The van der Waals surface area contributed by atoms with E-state index in [4.69, 9.17) is 0 Å². The summed E-state index contributed by atoms with van der Waals surface area (Å²) in [5.74, 6) is -0.0529. The van der Waals surface area contributed by atoms with E-state index in [1.165, 1.54) is 6.07 Å². The normalized spacial score (nSPS) is 15.9. The Morgan fingerprint density at radius 1 is 1.25 bits per heavy atom. The maximum absolute atomic E-state index is 12.8. The molecule has 0 saturated heterocycles. The van der Waals surface area contributed by atoms with E-state index >= 15 is 0 Å². The van der Waals surface area contributed by atoms with Crippen LogP contribution in [0.2, 0.25) is 0 Å². The first kappa shape index (κ1) is 17.5. The molecule has 0 aliphatic carbocycles. The number of halogens is 4. The summed E-state index contributed by atoms with van der Waals surface area (Å²) >= 11 is 3.21. The molecule has 0 heterocycles. The van der Waals surface area contributed by atoms with E-state index in [2.05, 4.69) is 20.7 Å². The zero-order valence-corrected chi connectivity index (χ0v) is 13.3. The van der Waals surface area contributed by atoms with E-state index in [-0.39, 0.29) is 5.92 Å². The number of rotatable bonds is 5. The van der Waals surface area contributed by atoms with Crippen molar-refractivity contribution in [3.05, 3.63) is 29.8 Å². The molecule has 8 heteroatoms. The summed E-state index contributed by atoms with van der Waals surface area (Å²) in [5.41, 5.74) is -1.16. The van der Waals surface area contributed by atoms with Gasteiger partial charge in [0.1, 0.15) is 0 Å². The van der Waals surface area contributed by atoms with E-state index in [9.17, 15) is 21.6 Å². The number of hydrogen-bond acceptors (Lipinski definition) is 2. The summed E-state index contributed by atoms with van der Waals surface area (Å²) in [6, 6.07) is 3.65. The van der Waals surface area contributed by atoms with Gasteiger partial charge in [0, 0.05) is 11.4 Å². The largest absolute Gasteiger partial charge is 0.417 e. The molecule has 1 rings (SSSR count). The van der Waals surface area contributed by atoms with Gasteiger partial charge >= 0.3 is 6.18 Å². The molecule has 0 fully saturated rings. The summed E-state index contributed by atoms with van der Waals surface area (Å²) in [7, 11) is -4.22. The number of sulfonamides is 1. The van der Waals surface area contributed by atoms with Crippen LogP contribution in [0.5, 0.6) is 0 Å². The Bertz CT molecular complexity index is 560. The Balaban J connectivity index is 3.17. The number of alkyl halides is 4. The first-order valence-electron chi connectivity index (χ1n) is 5.84. The van der Waals surface area contributed by atoms with Crippen molar-refractivity contribution in [2.24, 2.45) is 5.92 Å². The molecule has 1 N–H and O–H groups in total. The minimum Gasteiger partial charge on any atom is -0.208 e. The maximum atomic E-state index is 12.8. The van der Waals surface area contributed by atoms with Crippen molar-refractivity contribution in [1.29, 1.82) is 0 Å². The molecule has 3 nitrogen and oxygen atoms in total. The van der Waals surface area contributed by atoms with E-state index in [0.717, 1.165) is 18.2 Å². The van der Waals surface area contributed by atoms with Gasteiger partial charge in [0.25, 0.3) is 0 Å². The van der Waals surface area contributed by atoms with Gasteiger partial charge in [-0.1, -0.05) is 35.0 Å². The van der Waals surface area contributed by atoms with Gasteiger partial charge in [0.15, 0.2) is 0 Å². The molecule has 0 amide bonds. The Kier molecular flexibility index (Phi) is 5.62.